The average molecular weight is 510 g/mol. The van der Waals surface area contributed by atoms with Gasteiger partial charge in [0.05, 0.1) is 11.4 Å². The van der Waals surface area contributed by atoms with Crippen molar-refractivity contribution in [1.29, 1.82) is 0 Å². The number of piperazine rings is 1. The number of benzene rings is 2. The number of carbonyl (C=O) groups excluding carboxylic acids is 1. The second-order valence-corrected chi connectivity index (χ2v) is 10.1. The van der Waals surface area contributed by atoms with E-state index in [4.69, 9.17) is 4.98 Å². The minimum absolute atomic E-state index is 0.131. The molecular formula is C30H35N7O. The first kappa shape index (κ1) is 25.6. The van der Waals surface area contributed by atoms with E-state index in [-0.39, 0.29) is 5.91 Å². The van der Waals surface area contributed by atoms with Crippen LogP contribution in [-0.4, -0.2) is 63.5 Å². The molecule has 0 atom stereocenters. The van der Waals surface area contributed by atoms with Crippen molar-refractivity contribution in [3.63, 3.8) is 0 Å². The molecule has 1 aliphatic heterocycles. The van der Waals surface area contributed by atoms with Crippen LogP contribution in [0.15, 0.2) is 67.0 Å². The second kappa shape index (κ2) is 11.2. The van der Waals surface area contributed by atoms with Gasteiger partial charge in [0.2, 0.25) is 5.95 Å². The molecule has 1 fully saturated rings. The minimum atomic E-state index is -0.131. The Balaban J connectivity index is 1.24. The molecule has 2 N–H and O–H groups in total. The van der Waals surface area contributed by atoms with E-state index >= 15 is 0 Å². The van der Waals surface area contributed by atoms with E-state index in [2.05, 4.69) is 50.7 Å². The zero-order chi connectivity index (χ0) is 26.6. The number of aromatic nitrogens is 3. The third-order valence-corrected chi connectivity index (χ3v) is 7.11. The Morgan fingerprint density at radius 3 is 2.42 bits per heavy atom. The van der Waals surface area contributed by atoms with Gasteiger partial charge in [-0.25, -0.2) is 9.97 Å². The fourth-order valence-electron chi connectivity index (χ4n) is 4.66. The lowest BCUT2D eigenvalue weighted by Gasteiger charge is -2.32. The van der Waals surface area contributed by atoms with Gasteiger partial charge in [0, 0.05) is 69.1 Å². The quantitative estimate of drug-likeness (QED) is 0.371. The molecule has 0 bridgehead atoms. The summed E-state index contributed by atoms with van der Waals surface area (Å²) in [5, 5.41) is 6.36. The number of amides is 1. The number of rotatable bonds is 7. The first-order chi connectivity index (χ1) is 18.4. The van der Waals surface area contributed by atoms with Crippen molar-refractivity contribution < 1.29 is 4.79 Å². The SMILES string of the molecule is Cc1ccc(CN2CCN(C)CC2)cc1NC(=O)c1ccc(Nc2ncc(C)c(-c3cccn3C)n2)cc1. The van der Waals surface area contributed by atoms with Crippen molar-refractivity contribution in [2.45, 2.75) is 20.4 Å². The molecule has 3 heterocycles. The molecule has 8 heteroatoms. The summed E-state index contributed by atoms with van der Waals surface area (Å²) in [6.45, 7) is 9.22. The number of anilines is 3. The molecule has 0 radical (unpaired) electrons. The molecule has 5 rings (SSSR count). The summed E-state index contributed by atoms with van der Waals surface area (Å²) >= 11 is 0. The van der Waals surface area contributed by atoms with Crippen LogP contribution in [0.5, 0.6) is 0 Å². The fraction of sp³-hybridized carbons (Fsp3) is 0.300. The van der Waals surface area contributed by atoms with Crippen LogP contribution in [-0.2, 0) is 13.6 Å². The van der Waals surface area contributed by atoms with Gasteiger partial charge in [0.1, 0.15) is 0 Å². The Labute approximate surface area is 224 Å². The lowest BCUT2D eigenvalue weighted by atomic mass is 10.1. The number of aryl methyl sites for hydroxylation is 3. The monoisotopic (exact) mass is 509 g/mol. The normalized spacial score (nSPS) is 14.4. The highest BCUT2D eigenvalue weighted by atomic mass is 16.1. The lowest BCUT2D eigenvalue weighted by Crippen LogP contribution is -2.43. The fourth-order valence-corrected chi connectivity index (χ4v) is 4.66. The molecule has 1 saturated heterocycles. The van der Waals surface area contributed by atoms with Crippen molar-refractivity contribution in [2.75, 3.05) is 43.9 Å². The molecule has 38 heavy (non-hydrogen) atoms. The number of nitrogens with one attached hydrogen (secondary N) is 2. The maximum Gasteiger partial charge on any atom is 0.255 e. The number of hydrogen-bond donors (Lipinski definition) is 2. The Hall–Kier alpha value is -4.01. The van der Waals surface area contributed by atoms with E-state index in [0.29, 0.717) is 11.5 Å². The molecule has 8 nitrogen and oxygen atoms in total. The van der Waals surface area contributed by atoms with Gasteiger partial charge in [-0.2, -0.15) is 0 Å². The maximum absolute atomic E-state index is 13.0. The molecule has 0 spiro atoms. The van der Waals surface area contributed by atoms with Crippen LogP contribution in [0.1, 0.15) is 27.0 Å². The molecule has 0 aliphatic carbocycles. The molecule has 2 aromatic carbocycles. The summed E-state index contributed by atoms with van der Waals surface area (Å²) in [7, 11) is 4.16. The first-order valence-corrected chi connectivity index (χ1v) is 13.0. The highest BCUT2D eigenvalue weighted by Gasteiger charge is 2.15. The van der Waals surface area contributed by atoms with Gasteiger partial charge in [-0.15, -0.1) is 0 Å². The highest BCUT2D eigenvalue weighted by molar-refractivity contribution is 6.04. The van der Waals surface area contributed by atoms with Crippen molar-refractivity contribution >= 4 is 23.2 Å². The van der Waals surface area contributed by atoms with Crippen LogP contribution in [0, 0.1) is 13.8 Å². The van der Waals surface area contributed by atoms with Crippen LogP contribution < -0.4 is 10.6 Å². The van der Waals surface area contributed by atoms with Gasteiger partial charge in [-0.05, 0) is 80.1 Å². The van der Waals surface area contributed by atoms with Gasteiger partial charge >= 0.3 is 0 Å². The number of nitrogens with zero attached hydrogens (tertiary/aromatic N) is 5. The Kier molecular flexibility index (Phi) is 7.53. The Morgan fingerprint density at radius 1 is 0.947 bits per heavy atom. The van der Waals surface area contributed by atoms with Gasteiger partial charge < -0.3 is 20.1 Å². The molecule has 196 valence electrons. The summed E-state index contributed by atoms with van der Waals surface area (Å²) < 4.78 is 2.04. The van der Waals surface area contributed by atoms with E-state index in [1.807, 2.05) is 74.3 Å². The predicted octanol–water partition coefficient (Wildman–Crippen LogP) is 4.84. The smallest absolute Gasteiger partial charge is 0.255 e. The summed E-state index contributed by atoms with van der Waals surface area (Å²) in [6.07, 6.45) is 3.82. The summed E-state index contributed by atoms with van der Waals surface area (Å²) in [4.78, 5) is 27.0. The summed E-state index contributed by atoms with van der Waals surface area (Å²) in [5.74, 6) is 0.380. The predicted molar refractivity (Wildman–Crippen MR) is 153 cm³/mol. The van der Waals surface area contributed by atoms with E-state index in [1.165, 1.54) is 5.56 Å². The van der Waals surface area contributed by atoms with Crippen LogP contribution >= 0.6 is 0 Å². The standard InChI is InChI=1S/C30H35N7O/c1-21-7-8-23(20-37-16-14-35(3)15-17-37)18-26(21)33-29(38)24-9-11-25(12-10-24)32-30-31-19-22(2)28(34-30)27-6-5-13-36(27)4/h5-13,18-19H,14-17,20H2,1-4H3,(H,33,38)(H,31,32,34). The largest absolute Gasteiger partial charge is 0.349 e. The van der Waals surface area contributed by atoms with Gasteiger partial charge in [-0.1, -0.05) is 12.1 Å². The van der Waals surface area contributed by atoms with Gasteiger partial charge in [0.15, 0.2) is 0 Å². The van der Waals surface area contributed by atoms with E-state index < -0.39 is 0 Å². The van der Waals surface area contributed by atoms with E-state index in [0.717, 1.165) is 66.6 Å². The minimum Gasteiger partial charge on any atom is -0.349 e. The topological polar surface area (TPSA) is 78.3 Å². The third kappa shape index (κ3) is 5.93. The van der Waals surface area contributed by atoms with E-state index in [1.54, 1.807) is 0 Å². The first-order valence-electron chi connectivity index (χ1n) is 13.0. The Morgan fingerprint density at radius 2 is 1.71 bits per heavy atom. The summed E-state index contributed by atoms with van der Waals surface area (Å²) in [6, 6.07) is 17.7. The molecule has 4 aromatic rings. The average Bonchev–Trinajstić information content (AvgIpc) is 3.34. The zero-order valence-corrected chi connectivity index (χ0v) is 22.5. The maximum atomic E-state index is 13.0. The molecular weight excluding hydrogens is 474 g/mol. The van der Waals surface area contributed by atoms with E-state index in [9.17, 15) is 4.79 Å². The Bertz CT molecular complexity index is 1420. The molecule has 2 aromatic heterocycles. The lowest BCUT2D eigenvalue weighted by molar-refractivity contribution is 0.102. The molecule has 1 amide bonds. The second-order valence-electron chi connectivity index (χ2n) is 10.1. The van der Waals surface area contributed by atoms with Gasteiger partial charge in [0.25, 0.3) is 5.91 Å². The molecule has 1 aliphatic rings. The van der Waals surface area contributed by atoms with Crippen LogP contribution in [0.2, 0.25) is 0 Å². The zero-order valence-electron chi connectivity index (χ0n) is 22.5. The van der Waals surface area contributed by atoms with Crippen LogP contribution in [0.3, 0.4) is 0 Å². The van der Waals surface area contributed by atoms with Crippen molar-refractivity contribution in [3.05, 3.63) is 89.2 Å². The molecule has 0 saturated carbocycles. The van der Waals surface area contributed by atoms with Crippen LogP contribution in [0.4, 0.5) is 17.3 Å². The number of carbonyl (C=O) groups is 1. The van der Waals surface area contributed by atoms with Gasteiger partial charge in [-0.3, -0.25) is 9.69 Å². The van der Waals surface area contributed by atoms with Crippen LogP contribution in [0.25, 0.3) is 11.4 Å². The van der Waals surface area contributed by atoms with Crippen molar-refractivity contribution in [3.8, 4) is 11.4 Å². The number of likely N-dealkylation sites (N-methyl/N-ethyl adjacent to an activating group) is 1. The number of hydrogen-bond acceptors (Lipinski definition) is 6. The summed E-state index contributed by atoms with van der Waals surface area (Å²) in [5.41, 5.74) is 7.44. The van der Waals surface area contributed by atoms with Crippen molar-refractivity contribution in [2.24, 2.45) is 7.05 Å². The highest BCUT2D eigenvalue weighted by Crippen LogP contribution is 2.24. The van der Waals surface area contributed by atoms with Crippen molar-refractivity contribution in [1.82, 2.24) is 24.3 Å². The third-order valence-electron chi connectivity index (χ3n) is 7.11. The molecule has 0 unspecified atom stereocenters.